The first-order valence-corrected chi connectivity index (χ1v) is 6.60. The topological polar surface area (TPSA) is 90.2 Å². The molecule has 0 fully saturated rings. The van der Waals surface area contributed by atoms with Gasteiger partial charge in [-0.2, -0.15) is 0 Å². The third-order valence-corrected chi connectivity index (χ3v) is 3.08. The molecule has 0 N–H and O–H groups in total. The lowest BCUT2D eigenvalue weighted by Gasteiger charge is -2.11. The average molecular weight is 286 g/mol. The van der Waals surface area contributed by atoms with Gasteiger partial charge >= 0.3 is 5.97 Å². The van der Waals surface area contributed by atoms with Crippen molar-refractivity contribution in [2.45, 2.75) is 24.7 Å². The van der Waals surface area contributed by atoms with E-state index in [1.165, 1.54) is 18.7 Å². The fraction of sp³-hybridized carbons (Fsp3) is 0.700. The molecule has 0 spiro atoms. The molecule has 0 bridgehead atoms. The van der Waals surface area contributed by atoms with Crippen molar-refractivity contribution in [3.8, 4) is 0 Å². The molecule has 0 amide bonds. The van der Waals surface area contributed by atoms with Gasteiger partial charge in [0.05, 0.1) is 6.54 Å². The fourth-order valence-corrected chi connectivity index (χ4v) is 1.99. The van der Waals surface area contributed by atoms with Crippen LogP contribution in [-0.2, 0) is 20.9 Å². The van der Waals surface area contributed by atoms with Crippen molar-refractivity contribution in [1.29, 1.82) is 0 Å². The number of carbonyl (C=O) groups is 1. The Balaban J connectivity index is 2.50. The van der Waals surface area contributed by atoms with Gasteiger partial charge in [0.25, 0.3) is 0 Å². The van der Waals surface area contributed by atoms with Gasteiger partial charge in [-0.25, -0.2) is 4.68 Å². The Hall–Kier alpha value is -1.48. The SMILES string of the molecule is CC(=O)OC([C]=O)CSc1nnnn1CCN(C)C. The number of ether oxygens (including phenoxy) is 1. The van der Waals surface area contributed by atoms with E-state index in [-0.39, 0.29) is 5.75 Å². The summed E-state index contributed by atoms with van der Waals surface area (Å²) in [6.45, 7) is 2.69. The molecule has 105 valence electrons. The molecule has 1 aromatic rings. The van der Waals surface area contributed by atoms with Crippen LogP contribution in [0.5, 0.6) is 0 Å². The molecule has 1 rings (SSSR count). The number of nitrogens with zero attached hydrogens (tertiary/aromatic N) is 5. The van der Waals surface area contributed by atoms with E-state index in [2.05, 4.69) is 15.5 Å². The van der Waals surface area contributed by atoms with Gasteiger partial charge < -0.3 is 9.64 Å². The number of hydrogen-bond donors (Lipinski definition) is 0. The molecule has 8 nitrogen and oxygen atoms in total. The second kappa shape index (κ2) is 7.85. The highest BCUT2D eigenvalue weighted by atomic mass is 32.2. The van der Waals surface area contributed by atoms with Crippen LogP contribution in [0.2, 0.25) is 0 Å². The van der Waals surface area contributed by atoms with E-state index in [4.69, 9.17) is 4.74 Å². The lowest BCUT2D eigenvalue weighted by atomic mass is 10.4. The Labute approximate surface area is 115 Å². The molecule has 0 aliphatic rings. The summed E-state index contributed by atoms with van der Waals surface area (Å²) in [5.41, 5.74) is 0. The second-order valence-corrected chi connectivity index (χ2v) is 5.00. The minimum Gasteiger partial charge on any atom is -0.453 e. The first-order valence-electron chi connectivity index (χ1n) is 5.61. The third-order valence-electron chi connectivity index (χ3n) is 2.06. The van der Waals surface area contributed by atoms with Crippen LogP contribution in [0.25, 0.3) is 0 Å². The molecule has 9 heteroatoms. The van der Waals surface area contributed by atoms with Crippen LogP contribution in [0.1, 0.15) is 6.92 Å². The van der Waals surface area contributed by atoms with Crippen molar-refractivity contribution in [1.82, 2.24) is 25.1 Å². The molecule has 1 radical (unpaired) electrons. The van der Waals surface area contributed by atoms with Crippen LogP contribution in [0.4, 0.5) is 0 Å². The van der Waals surface area contributed by atoms with Gasteiger partial charge in [-0.05, 0) is 24.5 Å². The highest BCUT2D eigenvalue weighted by molar-refractivity contribution is 7.99. The van der Waals surface area contributed by atoms with Crippen molar-refractivity contribution in [3.63, 3.8) is 0 Å². The maximum atomic E-state index is 10.8. The van der Waals surface area contributed by atoms with E-state index in [1.54, 1.807) is 11.0 Å². The number of aromatic nitrogens is 4. The normalized spacial score (nSPS) is 12.4. The lowest BCUT2D eigenvalue weighted by Crippen LogP contribution is -2.22. The Morgan fingerprint density at radius 1 is 1.58 bits per heavy atom. The number of tetrazole rings is 1. The molecule has 0 saturated heterocycles. The summed E-state index contributed by atoms with van der Waals surface area (Å²) in [7, 11) is 3.91. The molecule has 0 aliphatic carbocycles. The minimum absolute atomic E-state index is 0.241. The summed E-state index contributed by atoms with van der Waals surface area (Å²) in [6, 6.07) is 0. The van der Waals surface area contributed by atoms with Gasteiger partial charge in [-0.3, -0.25) is 9.59 Å². The summed E-state index contributed by atoms with van der Waals surface area (Å²) in [5, 5.41) is 11.9. The standard InChI is InChI=1S/C10H16N5O3S/c1-8(17)18-9(6-16)7-19-10-11-12-13-15(10)5-4-14(2)3/h9H,4-5,7H2,1-3H3. The van der Waals surface area contributed by atoms with E-state index in [0.717, 1.165) is 6.54 Å². The fourth-order valence-electron chi connectivity index (χ4n) is 1.18. The molecule has 0 saturated carbocycles. The van der Waals surface area contributed by atoms with Crippen LogP contribution in [0.3, 0.4) is 0 Å². The smallest absolute Gasteiger partial charge is 0.303 e. The summed E-state index contributed by atoms with van der Waals surface area (Å²) in [4.78, 5) is 23.4. The Morgan fingerprint density at radius 3 is 2.89 bits per heavy atom. The van der Waals surface area contributed by atoms with Gasteiger partial charge in [0.2, 0.25) is 11.4 Å². The van der Waals surface area contributed by atoms with Crippen LogP contribution in [-0.4, -0.2) is 69.9 Å². The molecule has 0 aliphatic heterocycles. The van der Waals surface area contributed by atoms with Crippen LogP contribution in [0.15, 0.2) is 5.16 Å². The predicted octanol–water partition coefficient (Wildman–Crippen LogP) is -0.632. The largest absolute Gasteiger partial charge is 0.453 e. The Morgan fingerprint density at radius 2 is 2.32 bits per heavy atom. The minimum atomic E-state index is -0.901. The molecular weight excluding hydrogens is 270 g/mol. The van der Waals surface area contributed by atoms with E-state index >= 15 is 0 Å². The zero-order chi connectivity index (χ0) is 14.3. The maximum Gasteiger partial charge on any atom is 0.303 e. The zero-order valence-electron chi connectivity index (χ0n) is 11.1. The summed E-state index contributed by atoms with van der Waals surface area (Å²) in [6.07, 6.45) is 0.764. The summed E-state index contributed by atoms with van der Waals surface area (Å²) >= 11 is 1.25. The number of likely N-dealkylation sites (N-methyl/N-ethyl adjacent to an activating group) is 1. The van der Waals surface area contributed by atoms with Crippen molar-refractivity contribution in [2.24, 2.45) is 0 Å². The Bertz CT molecular complexity index is 423. The van der Waals surface area contributed by atoms with Gasteiger partial charge in [0.1, 0.15) is 0 Å². The van der Waals surface area contributed by atoms with Crippen molar-refractivity contribution < 1.29 is 14.3 Å². The van der Waals surface area contributed by atoms with Crippen LogP contribution in [0, 0.1) is 0 Å². The van der Waals surface area contributed by atoms with Crippen molar-refractivity contribution in [2.75, 3.05) is 26.4 Å². The third kappa shape index (κ3) is 5.79. The quantitative estimate of drug-likeness (QED) is 0.461. The number of thioether (sulfide) groups is 1. The number of hydrogen-bond acceptors (Lipinski definition) is 8. The highest BCUT2D eigenvalue weighted by Gasteiger charge is 2.15. The van der Waals surface area contributed by atoms with Gasteiger partial charge in [-0.15, -0.1) is 5.10 Å². The van der Waals surface area contributed by atoms with Crippen LogP contribution >= 0.6 is 11.8 Å². The lowest BCUT2D eigenvalue weighted by molar-refractivity contribution is -0.142. The molecule has 0 aromatic carbocycles. The number of rotatable bonds is 8. The zero-order valence-corrected chi connectivity index (χ0v) is 11.9. The molecule has 19 heavy (non-hydrogen) atoms. The van der Waals surface area contributed by atoms with E-state index < -0.39 is 12.1 Å². The summed E-state index contributed by atoms with van der Waals surface area (Å²) in [5.74, 6) is -0.271. The van der Waals surface area contributed by atoms with Gasteiger partial charge in [0, 0.05) is 19.2 Å². The van der Waals surface area contributed by atoms with Crippen molar-refractivity contribution in [3.05, 3.63) is 0 Å². The second-order valence-electron chi connectivity index (χ2n) is 4.01. The monoisotopic (exact) mass is 286 g/mol. The van der Waals surface area contributed by atoms with E-state index in [1.807, 2.05) is 19.0 Å². The first-order chi connectivity index (χ1) is 9.02. The first kappa shape index (κ1) is 15.6. The number of esters is 1. The summed E-state index contributed by atoms with van der Waals surface area (Å²) < 4.78 is 6.41. The van der Waals surface area contributed by atoms with Crippen LogP contribution < -0.4 is 0 Å². The number of carbonyl (C=O) groups excluding carboxylic acids is 2. The van der Waals surface area contributed by atoms with Crippen molar-refractivity contribution >= 4 is 24.0 Å². The maximum absolute atomic E-state index is 10.8. The molecular formula is C10H16N5O3S. The molecule has 1 heterocycles. The van der Waals surface area contributed by atoms with E-state index in [0.29, 0.717) is 11.7 Å². The Kier molecular flexibility index (Phi) is 6.43. The predicted molar refractivity (Wildman–Crippen MR) is 68.3 cm³/mol. The highest BCUT2D eigenvalue weighted by Crippen LogP contribution is 2.15. The molecule has 1 aromatic heterocycles. The molecule has 1 atom stereocenters. The van der Waals surface area contributed by atoms with E-state index in [9.17, 15) is 9.59 Å². The van der Waals surface area contributed by atoms with Gasteiger partial charge in [-0.1, -0.05) is 11.8 Å². The molecule has 1 unspecified atom stereocenters. The average Bonchev–Trinajstić information content (AvgIpc) is 2.78. The van der Waals surface area contributed by atoms with Gasteiger partial charge in [0.15, 0.2) is 6.10 Å².